The monoisotopic (exact) mass is 430 g/mol. The van der Waals surface area contributed by atoms with E-state index in [1.165, 1.54) is 29.8 Å². The van der Waals surface area contributed by atoms with Gasteiger partial charge in [-0.1, -0.05) is 43.9 Å². The number of rotatable bonds is 7. The van der Waals surface area contributed by atoms with Gasteiger partial charge < -0.3 is 4.90 Å². The summed E-state index contributed by atoms with van der Waals surface area (Å²) >= 11 is 0. The molecule has 1 atom stereocenters. The number of hydrogen-bond donors (Lipinski definition) is 0. The molecule has 0 spiro atoms. The Morgan fingerprint density at radius 2 is 1.73 bits per heavy atom. The van der Waals surface area contributed by atoms with E-state index in [2.05, 4.69) is 0 Å². The Balaban J connectivity index is 1.67. The first kappa shape index (κ1) is 22.3. The molecule has 1 amide bonds. The second-order valence-electron chi connectivity index (χ2n) is 8.35. The standard InChI is InChI=1S/C23H30N2O4S/c1-17-9-11-21(12-10-17)30(28,29)25-14-13-20(15-25)22(26)16-24(3)23(27)18(2)19-7-5-4-6-8-19/h9-15,18-19H,4-8,16H2,1-3H3/t18-/m0/s1. The summed E-state index contributed by atoms with van der Waals surface area (Å²) in [5.74, 6) is -0.0272. The van der Waals surface area contributed by atoms with Gasteiger partial charge in [-0.25, -0.2) is 12.4 Å². The highest BCUT2D eigenvalue weighted by Crippen LogP contribution is 2.30. The molecule has 0 aliphatic heterocycles. The van der Waals surface area contributed by atoms with Crippen LogP contribution < -0.4 is 0 Å². The Morgan fingerprint density at radius 3 is 2.37 bits per heavy atom. The van der Waals surface area contributed by atoms with Crippen molar-refractivity contribution in [3.8, 4) is 0 Å². The summed E-state index contributed by atoms with van der Waals surface area (Å²) in [5.41, 5.74) is 1.24. The van der Waals surface area contributed by atoms with Gasteiger partial charge in [0.25, 0.3) is 10.0 Å². The van der Waals surface area contributed by atoms with Crippen LogP contribution in [0, 0.1) is 18.8 Å². The fourth-order valence-corrected chi connectivity index (χ4v) is 5.29. The third-order valence-electron chi connectivity index (χ3n) is 6.09. The van der Waals surface area contributed by atoms with Crippen molar-refractivity contribution in [1.82, 2.24) is 8.87 Å². The number of aromatic nitrogens is 1. The van der Waals surface area contributed by atoms with E-state index in [9.17, 15) is 18.0 Å². The maximum Gasteiger partial charge on any atom is 0.267 e. The van der Waals surface area contributed by atoms with Gasteiger partial charge in [-0.2, -0.15) is 0 Å². The largest absolute Gasteiger partial charge is 0.338 e. The van der Waals surface area contributed by atoms with E-state index in [1.54, 1.807) is 31.3 Å². The molecule has 0 bridgehead atoms. The highest BCUT2D eigenvalue weighted by molar-refractivity contribution is 7.90. The molecule has 0 N–H and O–H groups in total. The minimum absolute atomic E-state index is 0.0260. The molecular formula is C23H30N2O4S. The van der Waals surface area contributed by atoms with Crippen LogP contribution in [0.3, 0.4) is 0 Å². The van der Waals surface area contributed by atoms with Gasteiger partial charge >= 0.3 is 0 Å². The molecule has 1 fully saturated rings. The van der Waals surface area contributed by atoms with Crippen LogP contribution in [0.4, 0.5) is 0 Å². The summed E-state index contributed by atoms with van der Waals surface area (Å²) < 4.78 is 26.6. The van der Waals surface area contributed by atoms with Crippen molar-refractivity contribution in [2.75, 3.05) is 13.6 Å². The van der Waals surface area contributed by atoms with E-state index in [1.807, 2.05) is 13.8 Å². The Labute approximate surface area is 178 Å². The van der Waals surface area contributed by atoms with Crippen molar-refractivity contribution in [1.29, 1.82) is 0 Å². The maximum atomic E-state index is 12.8. The fraction of sp³-hybridized carbons (Fsp3) is 0.478. The van der Waals surface area contributed by atoms with Crippen molar-refractivity contribution in [3.63, 3.8) is 0 Å². The third kappa shape index (κ3) is 4.83. The predicted molar refractivity (Wildman–Crippen MR) is 116 cm³/mol. The molecule has 6 nitrogen and oxygen atoms in total. The number of Topliss-reactive ketones (excluding diaryl/α,β-unsaturated/α-hetero) is 1. The summed E-state index contributed by atoms with van der Waals surface area (Å²) in [6.07, 6.45) is 8.37. The second kappa shape index (κ2) is 9.16. The lowest BCUT2D eigenvalue weighted by Crippen LogP contribution is -2.38. The van der Waals surface area contributed by atoms with E-state index in [0.29, 0.717) is 5.92 Å². The van der Waals surface area contributed by atoms with Crippen LogP contribution in [0.2, 0.25) is 0 Å². The number of hydrogen-bond acceptors (Lipinski definition) is 4. The molecule has 1 aromatic carbocycles. The summed E-state index contributed by atoms with van der Waals surface area (Å²) in [6, 6.07) is 8.04. The molecule has 1 aromatic heterocycles. The molecule has 1 aliphatic rings. The highest BCUT2D eigenvalue weighted by atomic mass is 32.2. The SMILES string of the molecule is Cc1ccc(S(=O)(=O)n2ccc(C(=O)CN(C)C(=O)[C@@H](C)C3CCCCC3)c2)cc1. The Bertz CT molecular complexity index is 1000. The molecular weight excluding hydrogens is 400 g/mol. The predicted octanol–water partition coefficient (Wildman–Crippen LogP) is 3.89. The van der Waals surface area contributed by atoms with Gasteiger partial charge in [-0.3, -0.25) is 9.59 Å². The molecule has 2 aromatic rings. The second-order valence-corrected chi connectivity index (χ2v) is 10.2. The lowest BCUT2D eigenvalue weighted by Gasteiger charge is -2.29. The maximum absolute atomic E-state index is 12.8. The number of nitrogens with zero attached hydrogens (tertiary/aromatic N) is 2. The van der Waals surface area contributed by atoms with E-state index in [4.69, 9.17) is 0 Å². The average Bonchev–Trinajstić information content (AvgIpc) is 3.25. The first-order valence-electron chi connectivity index (χ1n) is 10.5. The van der Waals surface area contributed by atoms with Crippen LogP contribution in [0.1, 0.15) is 54.9 Å². The molecule has 1 heterocycles. The van der Waals surface area contributed by atoms with Crippen molar-refractivity contribution in [3.05, 3.63) is 53.9 Å². The molecule has 0 saturated heterocycles. The van der Waals surface area contributed by atoms with Crippen LogP contribution in [0.25, 0.3) is 0 Å². The van der Waals surface area contributed by atoms with E-state index in [-0.39, 0.29) is 34.6 Å². The van der Waals surface area contributed by atoms with Crippen LogP contribution in [0.5, 0.6) is 0 Å². The van der Waals surface area contributed by atoms with Gasteiger partial charge in [0.15, 0.2) is 5.78 Å². The van der Waals surface area contributed by atoms with Crippen molar-refractivity contribution >= 4 is 21.7 Å². The molecule has 7 heteroatoms. The molecule has 0 radical (unpaired) electrons. The van der Waals surface area contributed by atoms with Gasteiger partial charge in [-0.05, 0) is 43.9 Å². The van der Waals surface area contributed by atoms with Crippen LogP contribution in [-0.4, -0.2) is 42.6 Å². The zero-order valence-electron chi connectivity index (χ0n) is 17.9. The van der Waals surface area contributed by atoms with Gasteiger partial charge in [0.1, 0.15) is 0 Å². The lowest BCUT2D eigenvalue weighted by molar-refractivity contribution is -0.135. The van der Waals surface area contributed by atoms with Crippen molar-refractivity contribution in [2.24, 2.45) is 11.8 Å². The van der Waals surface area contributed by atoms with Gasteiger partial charge in [-0.15, -0.1) is 0 Å². The van der Waals surface area contributed by atoms with Crippen LogP contribution >= 0.6 is 0 Å². The Kier molecular flexibility index (Phi) is 6.81. The zero-order chi connectivity index (χ0) is 21.9. The van der Waals surface area contributed by atoms with Crippen LogP contribution in [0.15, 0.2) is 47.6 Å². The van der Waals surface area contributed by atoms with Crippen molar-refractivity contribution < 1.29 is 18.0 Å². The highest BCUT2D eigenvalue weighted by Gasteiger charge is 2.28. The number of aryl methyl sites for hydroxylation is 1. The van der Waals surface area contributed by atoms with Gasteiger partial charge in [0.2, 0.25) is 5.91 Å². The fourth-order valence-electron chi connectivity index (χ4n) is 4.09. The zero-order valence-corrected chi connectivity index (χ0v) is 18.7. The topological polar surface area (TPSA) is 76.5 Å². The van der Waals surface area contributed by atoms with E-state index in [0.717, 1.165) is 35.2 Å². The van der Waals surface area contributed by atoms with E-state index < -0.39 is 10.0 Å². The number of benzene rings is 1. The Hall–Kier alpha value is -2.41. The third-order valence-corrected chi connectivity index (χ3v) is 7.74. The van der Waals surface area contributed by atoms with Gasteiger partial charge in [0, 0.05) is 30.9 Å². The number of amides is 1. The quantitative estimate of drug-likeness (QED) is 0.625. The molecule has 30 heavy (non-hydrogen) atoms. The minimum Gasteiger partial charge on any atom is -0.338 e. The van der Waals surface area contributed by atoms with Gasteiger partial charge in [0.05, 0.1) is 11.4 Å². The molecule has 1 aliphatic carbocycles. The van der Waals surface area contributed by atoms with Crippen LogP contribution in [-0.2, 0) is 14.8 Å². The number of carbonyl (C=O) groups excluding carboxylic acids is 2. The first-order chi connectivity index (χ1) is 14.2. The lowest BCUT2D eigenvalue weighted by atomic mass is 9.80. The van der Waals surface area contributed by atoms with Crippen molar-refractivity contribution in [2.45, 2.75) is 50.8 Å². The van der Waals surface area contributed by atoms with E-state index >= 15 is 0 Å². The summed E-state index contributed by atoms with van der Waals surface area (Å²) in [7, 11) is -2.12. The Morgan fingerprint density at radius 1 is 1.10 bits per heavy atom. The molecule has 3 rings (SSSR count). The first-order valence-corrected chi connectivity index (χ1v) is 11.9. The summed E-state index contributed by atoms with van der Waals surface area (Å²) in [4.78, 5) is 27.1. The summed E-state index contributed by atoms with van der Waals surface area (Å²) in [6.45, 7) is 3.77. The molecule has 162 valence electrons. The average molecular weight is 431 g/mol. The number of ketones is 1. The minimum atomic E-state index is -3.76. The normalized spacial score (nSPS) is 16.2. The molecule has 1 saturated carbocycles. The number of carbonyl (C=O) groups is 2. The summed E-state index contributed by atoms with van der Waals surface area (Å²) in [5, 5.41) is 0. The number of likely N-dealkylation sites (N-methyl/N-ethyl adjacent to an activating group) is 1. The molecule has 0 unspecified atom stereocenters. The smallest absolute Gasteiger partial charge is 0.267 e.